The number of aliphatic hydroxyl groups is 1. The second-order valence-electron chi connectivity index (χ2n) is 8.63. The minimum atomic E-state index is -0.471. The molecule has 1 aliphatic carbocycles. The molecule has 0 radical (unpaired) electrons. The molecule has 1 N–H and O–H groups in total. The van der Waals surface area contributed by atoms with Gasteiger partial charge in [-0.25, -0.2) is 4.98 Å². The zero-order valence-electron chi connectivity index (χ0n) is 17.7. The third kappa shape index (κ3) is 3.01. The molecule has 0 bridgehead atoms. The normalized spacial score (nSPS) is 26.6. The molecule has 5 rings (SSSR count). The summed E-state index contributed by atoms with van der Waals surface area (Å²) in [6.07, 6.45) is 7.03. The Morgan fingerprint density at radius 2 is 2.13 bits per heavy atom. The highest BCUT2D eigenvalue weighted by molar-refractivity contribution is 5.62. The highest BCUT2D eigenvalue weighted by Gasteiger charge is 2.52. The summed E-state index contributed by atoms with van der Waals surface area (Å²) in [6, 6.07) is 8.14. The molecule has 0 fully saturated rings. The van der Waals surface area contributed by atoms with Gasteiger partial charge in [-0.15, -0.1) is 0 Å². The van der Waals surface area contributed by atoms with Crippen LogP contribution in [-0.2, 0) is 12.0 Å². The number of methoxy groups -OCH3 is 1. The lowest BCUT2D eigenvalue weighted by Gasteiger charge is -2.36. The molecule has 0 saturated heterocycles. The van der Waals surface area contributed by atoms with Gasteiger partial charge < -0.3 is 24.2 Å². The number of hydrogen-bond acceptors (Lipinski definition) is 6. The average Bonchev–Trinajstić information content (AvgIpc) is 2.96. The van der Waals surface area contributed by atoms with E-state index in [1.807, 2.05) is 38.3 Å². The van der Waals surface area contributed by atoms with Gasteiger partial charge >= 0.3 is 0 Å². The predicted octanol–water partition coefficient (Wildman–Crippen LogP) is 3.61. The number of pyridine rings is 1. The molecule has 3 heterocycles. The summed E-state index contributed by atoms with van der Waals surface area (Å²) < 4.78 is 17.7. The van der Waals surface area contributed by atoms with E-state index in [0.717, 1.165) is 36.7 Å². The first-order chi connectivity index (χ1) is 14.5. The first kappa shape index (κ1) is 19.2. The van der Waals surface area contributed by atoms with Gasteiger partial charge in [-0.2, -0.15) is 0 Å². The number of benzene rings is 1. The molecule has 2 aromatic rings. The van der Waals surface area contributed by atoms with Gasteiger partial charge in [-0.1, -0.05) is 18.2 Å². The summed E-state index contributed by atoms with van der Waals surface area (Å²) in [5.74, 6) is 2.24. The van der Waals surface area contributed by atoms with Gasteiger partial charge in [0, 0.05) is 31.1 Å². The highest BCUT2D eigenvalue weighted by atomic mass is 16.5. The molecule has 0 amide bonds. The van der Waals surface area contributed by atoms with Crippen LogP contribution in [0.5, 0.6) is 17.4 Å². The van der Waals surface area contributed by atoms with Crippen LogP contribution < -0.4 is 19.1 Å². The Hall–Kier alpha value is -2.73. The van der Waals surface area contributed by atoms with Gasteiger partial charge in [0.15, 0.2) is 11.5 Å². The van der Waals surface area contributed by atoms with E-state index in [9.17, 15) is 5.11 Å². The average molecular weight is 408 g/mol. The van der Waals surface area contributed by atoms with Crippen molar-refractivity contribution in [3.05, 3.63) is 53.7 Å². The fourth-order valence-electron chi connectivity index (χ4n) is 5.03. The molecule has 6 nitrogen and oxygen atoms in total. The largest absolute Gasteiger partial charge is 0.493 e. The molecule has 1 aromatic carbocycles. The fourth-order valence-corrected chi connectivity index (χ4v) is 5.03. The van der Waals surface area contributed by atoms with Crippen molar-refractivity contribution in [3.8, 4) is 17.4 Å². The van der Waals surface area contributed by atoms with E-state index >= 15 is 0 Å². The van der Waals surface area contributed by atoms with Crippen LogP contribution in [-0.4, -0.2) is 42.1 Å². The lowest BCUT2D eigenvalue weighted by atomic mass is 9.69. The Labute approximate surface area is 177 Å². The SMILES string of the molecule is COc1ccc2c3c1O[C@H]1C[C@@H](O)C=C[C@@]31CCN(c1ccc(OC(C)C)nc1)C2. The molecule has 2 aliphatic heterocycles. The molecule has 30 heavy (non-hydrogen) atoms. The number of aliphatic hydroxyl groups excluding tert-OH is 1. The highest BCUT2D eigenvalue weighted by Crippen LogP contribution is 2.55. The number of ether oxygens (including phenoxy) is 3. The minimum Gasteiger partial charge on any atom is -0.493 e. The first-order valence-corrected chi connectivity index (χ1v) is 10.6. The van der Waals surface area contributed by atoms with E-state index in [-0.39, 0.29) is 17.6 Å². The zero-order valence-corrected chi connectivity index (χ0v) is 17.7. The quantitative estimate of drug-likeness (QED) is 0.780. The molecule has 1 aromatic heterocycles. The minimum absolute atomic E-state index is 0.0811. The Balaban J connectivity index is 1.53. The van der Waals surface area contributed by atoms with Gasteiger partial charge in [0.05, 0.1) is 36.6 Å². The van der Waals surface area contributed by atoms with Crippen molar-refractivity contribution in [1.82, 2.24) is 4.98 Å². The van der Waals surface area contributed by atoms with Crippen LogP contribution in [0.15, 0.2) is 42.6 Å². The van der Waals surface area contributed by atoms with Crippen molar-refractivity contribution in [2.45, 2.75) is 57.0 Å². The summed E-state index contributed by atoms with van der Waals surface area (Å²) in [5, 5.41) is 10.2. The van der Waals surface area contributed by atoms with Crippen LogP contribution in [0, 0.1) is 0 Å². The van der Waals surface area contributed by atoms with Crippen LogP contribution in [0.3, 0.4) is 0 Å². The topological polar surface area (TPSA) is 64.0 Å². The molecular weight excluding hydrogens is 380 g/mol. The Bertz CT molecular complexity index is 972. The lowest BCUT2D eigenvalue weighted by Crippen LogP contribution is -2.43. The second-order valence-corrected chi connectivity index (χ2v) is 8.63. The van der Waals surface area contributed by atoms with E-state index in [1.54, 1.807) is 7.11 Å². The monoisotopic (exact) mass is 408 g/mol. The molecule has 0 unspecified atom stereocenters. The molecule has 6 heteroatoms. The van der Waals surface area contributed by atoms with Crippen molar-refractivity contribution < 1.29 is 19.3 Å². The molecule has 3 atom stereocenters. The third-order valence-electron chi connectivity index (χ3n) is 6.40. The molecule has 1 spiro atoms. The molecular formula is C24H28N2O4. The van der Waals surface area contributed by atoms with Crippen molar-refractivity contribution in [2.75, 3.05) is 18.6 Å². The van der Waals surface area contributed by atoms with E-state index in [0.29, 0.717) is 12.3 Å². The third-order valence-corrected chi connectivity index (χ3v) is 6.40. The second kappa shape index (κ2) is 7.20. The summed E-state index contributed by atoms with van der Waals surface area (Å²) in [5.41, 5.74) is 3.28. The molecule has 0 saturated carbocycles. The zero-order chi connectivity index (χ0) is 20.9. The Kier molecular flexibility index (Phi) is 4.62. The molecule has 158 valence electrons. The van der Waals surface area contributed by atoms with Crippen molar-refractivity contribution in [2.24, 2.45) is 0 Å². The van der Waals surface area contributed by atoms with Gasteiger partial charge in [0.25, 0.3) is 0 Å². The maximum absolute atomic E-state index is 10.2. The van der Waals surface area contributed by atoms with Crippen LogP contribution in [0.4, 0.5) is 5.69 Å². The van der Waals surface area contributed by atoms with E-state index in [4.69, 9.17) is 14.2 Å². The molecule has 3 aliphatic rings. The Morgan fingerprint density at radius 1 is 1.27 bits per heavy atom. The number of aromatic nitrogens is 1. The number of nitrogens with zero attached hydrogens (tertiary/aromatic N) is 2. The number of rotatable bonds is 4. The van der Waals surface area contributed by atoms with Crippen molar-refractivity contribution >= 4 is 5.69 Å². The van der Waals surface area contributed by atoms with Gasteiger partial charge in [0.1, 0.15) is 6.10 Å². The number of hydrogen-bond donors (Lipinski definition) is 1. The van der Waals surface area contributed by atoms with Crippen LogP contribution in [0.25, 0.3) is 0 Å². The van der Waals surface area contributed by atoms with Gasteiger partial charge in [0.2, 0.25) is 5.88 Å². The smallest absolute Gasteiger partial charge is 0.213 e. The van der Waals surface area contributed by atoms with Crippen molar-refractivity contribution in [1.29, 1.82) is 0 Å². The van der Waals surface area contributed by atoms with Crippen LogP contribution in [0.2, 0.25) is 0 Å². The first-order valence-electron chi connectivity index (χ1n) is 10.6. The Morgan fingerprint density at radius 3 is 2.87 bits per heavy atom. The van der Waals surface area contributed by atoms with Gasteiger partial charge in [-0.05, 0) is 38.0 Å². The fraction of sp³-hybridized carbons (Fsp3) is 0.458. The summed E-state index contributed by atoms with van der Waals surface area (Å²) in [7, 11) is 1.68. The van der Waals surface area contributed by atoms with E-state index in [2.05, 4.69) is 28.1 Å². The predicted molar refractivity (Wildman–Crippen MR) is 115 cm³/mol. The number of anilines is 1. The lowest BCUT2D eigenvalue weighted by molar-refractivity contribution is 0.0856. The summed E-state index contributed by atoms with van der Waals surface area (Å²) in [6.45, 7) is 5.63. The van der Waals surface area contributed by atoms with Crippen LogP contribution in [0.1, 0.15) is 37.8 Å². The van der Waals surface area contributed by atoms with E-state index in [1.165, 1.54) is 11.1 Å². The summed E-state index contributed by atoms with van der Waals surface area (Å²) in [4.78, 5) is 6.85. The standard InChI is InChI=1S/C24H28N2O4/c1-15(2)29-21-7-5-17(13-25-21)26-11-10-24-9-8-18(27)12-20(24)30-23-19(28-3)6-4-16(14-26)22(23)24/h4-9,13,15,18,20,27H,10-12,14H2,1-3H3/t18-,20-,24-/m0/s1. The van der Waals surface area contributed by atoms with Crippen LogP contribution >= 0.6 is 0 Å². The van der Waals surface area contributed by atoms with Gasteiger partial charge in [-0.3, -0.25) is 0 Å². The van der Waals surface area contributed by atoms with Crippen molar-refractivity contribution in [3.63, 3.8) is 0 Å². The summed E-state index contributed by atoms with van der Waals surface area (Å²) >= 11 is 0. The maximum atomic E-state index is 10.2. The van der Waals surface area contributed by atoms with E-state index < -0.39 is 6.10 Å². The maximum Gasteiger partial charge on any atom is 0.213 e.